The lowest BCUT2D eigenvalue weighted by atomic mass is 10.00. The highest BCUT2D eigenvalue weighted by Crippen LogP contribution is 2.46. The van der Waals surface area contributed by atoms with E-state index in [1.54, 1.807) is 76.8 Å². The molecule has 1 fully saturated rings. The average molecular weight is 619 g/mol. The number of ether oxygens (including phenoxy) is 3. The van der Waals surface area contributed by atoms with Crippen LogP contribution in [0.25, 0.3) is 0 Å². The van der Waals surface area contributed by atoms with Gasteiger partial charge in [0.15, 0.2) is 0 Å². The minimum atomic E-state index is -4.42. The highest BCUT2D eigenvalue weighted by molar-refractivity contribution is 5.98. The first-order valence-electron chi connectivity index (χ1n) is 14.9. The van der Waals surface area contributed by atoms with Crippen LogP contribution in [-0.2, 0) is 38.3 Å². The van der Waals surface area contributed by atoms with Crippen LogP contribution >= 0.6 is 0 Å². The Morgan fingerprint density at radius 3 is 2.23 bits per heavy atom. The van der Waals surface area contributed by atoms with Crippen molar-refractivity contribution in [1.29, 1.82) is 0 Å². The maximum Gasteiger partial charge on any atom is 0.416 e. The van der Waals surface area contributed by atoms with E-state index in [4.69, 9.17) is 14.2 Å². The Hall–Kier alpha value is -3.76. The molecule has 2 amide bonds. The highest BCUT2D eigenvalue weighted by Gasteiger charge is 2.38. The number of esters is 1. The summed E-state index contributed by atoms with van der Waals surface area (Å²) >= 11 is 0. The van der Waals surface area contributed by atoms with Gasteiger partial charge in [0.25, 0.3) is 0 Å². The fourth-order valence-electron chi connectivity index (χ4n) is 5.01. The lowest BCUT2D eigenvalue weighted by Gasteiger charge is -2.29. The number of carbonyl (C=O) groups is 3. The Morgan fingerprint density at radius 1 is 0.932 bits per heavy atom. The van der Waals surface area contributed by atoms with Crippen molar-refractivity contribution in [2.24, 2.45) is 0 Å². The van der Waals surface area contributed by atoms with Crippen LogP contribution < -0.4 is 9.64 Å². The summed E-state index contributed by atoms with van der Waals surface area (Å²) in [5.74, 6) is -0.385. The van der Waals surface area contributed by atoms with E-state index in [1.807, 2.05) is 0 Å². The molecule has 240 valence electrons. The topological polar surface area (TPSA) is 85.4 Å². The van der Waals surface area contributed by atoms with E-state index in [-0.39, 0.29) is 37.9 Å². The van der Waals surface area contributed by atoms with Gasteiger partial charge >= 0.3 is 18.2 Å². The zero-order valence-corrected chi connectivity index (χ0v) is 26.2. The maximum atomic E-state index is 13.6. The van der Waals surface area contributed by atoms with Crippen LogP contribution in [0.1, 0.15) is 89.0 Å². The molecule has 1 aliphatic carbocycles. The number of anilines is 1. The van der Waals surface area contributed by atoms with Crippen LogP contribution in [0.2, 0.25) is 0 Å². The molecule has 1 saturated carbocycles. The molecule has 1 heterocycles. The number of fused-ring (bicyclic) bond motifs is 1. The number of nitrogens with zero attached hydrogens (tertiary/aromatic N) is 2. The molecule has 0 spiro atoms. The monoisotopic (exact) mass is 618 g/mol. The molecule has 8 nitrogen and oxygen atoms in total. The van der Waals surface area contributed by atoms with Gasteiger partial charge in [-0.2, -0.15) is 13.2 Å². The Labute approximate surface area is 256 Å². The Morgan fingerprint density at radius 2 is 1.61 bits per heavy atom. The largest absolute Gasteiger partial charge is 0.489 e. The van der Waals surface area contributed by atoms with Crippen LogP contribution in [0.4, 0.5) is 23.7 Å². The van der Waals surface area contributed by atoms with Crippen molar-refractivity contribution in [3.05, 3.63) is 58.7 Å². The molecule has 2 aromatic rings. The summed E-state index contributed by atoms with van der Waals surface area (Å²) in [5, 5.41) is 0. The van der Waals surface area contributed by atoms with Gasteiger partial charge in [-0.05, 0) is 108 Å². The van der Waals surface area contributed by atoms with Crippen molar-refractivity contribution < 1.29 is 41.8 Å². The second-order valence-corrected chi connectivity index (χ2v) is 13.3. The predicted octanol–water partition coefficient (Wildman–Crippen LogP) is 7.02. The predicted molar refractivity (Wildman–Crippen MR) is 159 cm³/mol. The molecule has 11 heteroatoms. The standard InChI is InChI=1S/C33H41F3N2O6/c1-31(2,3)43-29(40)14-15-37(30(41)44-32(4,5)6)19-28(39)38-16-13-23-18-24(10-12-27(23)38)42-20-21-7-11-25(22-8-9-22)26(17-21)33(34,35)36/h7,10-12,17-18,22H,8-9,13-16,19-20H2,1-6H3. The minimum absolute atomic E-state index is 0.0230. The number of benzene rings is 2. The number of halogens is 3. The fourth-order valence-corrected chi connectivity index (χ4v) is 5.01. The lowest BCUT2D eigenvalue weighted by molar-refractivity contribution is -0.155. The quantitative estimate of drug-likeness (QED) is 0.281. The van der Waals surface area contributed by atoms with E-state index >= 15 is 0 Å². The zero-order chi connectivity index (χ0) is 32.4. The van der Waals surface area contributed by atoms with Gasteiger partial charge in [-0.3, -0.25) is 14.5 Å². The second kappa shape index (κ2) is 12.7. The third kappa shape index (κ3) is 9.12. The van der Waals surface area contributed by atoms with Gasteiger partial charge in [-0.1, -0.05) is 12.1 Å². The summed E-state index contributed by atoms with van der Waals surface area (Å²) < 4.78 is 57.6. The van der Waals surface area contributed by atoms with Crippen molar-refractivity contribution in [1.82, 2.24) is 4.90 Å². The molecule has 0 saturated heterocycles. The Balaban J connectivity index is 1.41. The smallest absolute Gasteiger partial charge is 0.416 e. The molecule has 4 rings (SSSR count). The van der Waals surface area contributed by atoms with Crippen molar-refractivity contribution >= 4 is 23.7 Å². The number of hydrogen-bond acceptors (Lipinski definition) is 6. The number of carbonyl (C=O) groups excluding carboxylic acids is 3. The molecular weight excluding hydrogens is 577 g/mol. The number of alkyl halides is 3. The van der Waals surface area contributed by atoms with Crippen molar-refractivity contribution in [3.8, 4) is 5.75 Å². The van der Waals surface area contributed by atoms with Crippen LogP contribution in [-0.4, -0.2) is 53.7 Å². The van der Waals surface area contributed by atoms with Crippen LogP contribution in [0.3, 0.4) is 0 Å². The third-order valence-electron chi connectivity index (χ3n) is 7.08. The summed E-state index contributed by atoms with van der Waals surface area (Å²) in [5.41, 5.74) is 0.189. The van der Waals surface area contributed by atoms with Crippen molar-refractivity contribution in [3.63, 3.8) is 0 Å². The van der Waals surface area contributed by atoms with Gasteiger partial charge in [0.1, 0.15) is 30.1 Å². The number of amides is 2. The first-order valence-corrected chi connectivity index (χ1v) is 14.9. The van der Waals surface area contributed by atoms with Gasteiger partial charge in [0.2, 0.25) is 5.91 Å². The lowest BCUT2D eigenvalue weighted by Crippen LogP contribution is -2.45. The van der Waals surface area contributed by atoms with Gasteiger partial charge in [0.05, 0.1) is 12.0 Å². The molecule has 2 aliphatic rings. The van der Waals surface area contributed by atoms with Crippen LogP contribution in [0.5, 0.6) is 5.75 Å². The SMILES string of the molecule is CC(C)(C)OC(=O)CCN(CC(=O)N1CCc2cc(OCc3ccc(C4CC4)c(C(F)(F)F)c3)ccc21)C(=O)OC(C)(C)C. The Kier molecular flexibility index (Phi) is 9.56. The first-order chi connectivity index (χ1) is 20.4. The van der Waals surface area contributed by atoms with Gasteiger partial charge < -0.3 is 19.1 Å². The second-order valence-electron chi connectivity index (χ2n) is 13.3. The van der Waals surface area contributed by atoms with E-state index in [0.29, 0.717) is 35.5 Å². The third-order valence-corrected chi connectivity index (χ3v) is 7.08. The molecule has 0 bridgehead atoms. The first kappa shape index (κ1) is 33.1. The molecule has 0 N–H and O–H groups in total. The fraction of sp³-hybridized carbons (Fsp3) is 0.545. The molecule has 2 aromatic carbocycles. The summed E-state index contributed by atoms with van der Waals surface area (Å²) in [7, 11) is 0. The molecule has 1 aliphatic heterocycles. The van der Waals surface area contributed by atoms with E-state index < -0.39 is 35.0 Å². The van der Waals surface area contributed by atoms with E-state index in [0.717, 1.165) is 18.4 Å². The summed E-state index contributed by atoms with van der Waals surface area (Å²) in [6.07, 6.45) is -3.15. The molecule has 0 radical (unpaired) electrons. The summed E-state index contributed by atoms with van der Waals surface area (Å²) in [4.78, 5) is 41.4. The molecule has 0 aromatic heterocycles. The molecule has 44 heavy (non-hydrogen) atoms. The minimum Gasteiger partial charge on any atom is -0.489 e. The normalized spacial score (nSPS) is 15.1. The zero-order valence-electron chi connectivity index (χ0n) is 26.2. The number of hydrogen-bond donors (Lipinski definition) is 0. The van der Waals surface area contributed by atoms with Gasteiger partial charge in [0, 0.05) is 18.8 Å². The average Bonchev–Trinajstić information content (AvgIpc) is 3.65. The summed E-state index contributed by atoms with van der Waals surface area (Å²) in [6.45, 7) is 10.4. The van der Waals surface area contributed by atoms with E-state index in [2.05, 4.69) is 0 Å². The van der Waals surface area contributed by atoms with Crippen molar-refractivity contribution in [2.45, 2.75) is 97.1 Å². The van der Waals surface area contributed by atoms with Crippen molar-refractivity contribution in [2.75, 3.05) is 24.5 Å². The highest BCUT2D eigenvalue weighted by atomic mass is 19.4. The molecule has 0 atom stereocenters. The Bertz CT molecular complexity index is 1390. The van der Waals surface area contributed by atoms with Crippen LogP contribution in [0.15, 0.2) is 36.4 Å². The van der Waals surface area contributed by atoms with Crippen LogP contribution in [0, 0.1) is 0 Å². The molecule has 0 unspecified atom stereocenters. The summed E-state index contributed by atoms with van der Waals surface area (Å²) in [6, 6.07) is 9.57. The maximum absolute atomic E-state index is 13.6. The number of rotatable bonds is 9. The van der Waals surface area contributed by atoms with E-state index in [1.165, 1.54) is 11.0 Å². The van der Waals surface area contributed by atoms with Gasteiger partial charge in [-0.15, -0.1) is 0 Å². The molecular formula is C33H41F3N2O6. The van der Waals surface area contributed by atoms with E-state index in [9.17, 15) is 27.6 Å². The van der Waals surface area contributed by atoms with Gasteiger partial charge in [-0.25, -0.2) is 4.79 Å².